The highest BCUT2D eigenvalue weighted by atomic mass is 16.5. The van der Waals surface area contributed by atoms with Crippen LogP contribution in [0, 0.1) is 0 Å². The van der Waals surface area contributed by atoms with E-state index in [1.165, 1.54) is 0 Å². The van der Waals surface area contributed by atoms with Crippen LogP contribution in [0.4, 0.5) is 5.69 Å². The first kappa shape index (κ1) is 13.5. The average molecular weight is 303 g/mol. The van der Waals surface area contributed by atoms with Crippen LogP contribution in [0.5, 0.6) is 0 Å². The van der Waals surface area contributed by atoms with Gasteiger partial charge in [-0.05, 0) is 24.3 Å². The number of nitrogens with one attached hydrogen (secondary N) is 1. The van der Waals surface area contributed by atoms with Crippen LogP contribution < -0.4 is 5.32 Å². The van der Waals surface area contributed by atoms with Crippen molar-refractivity contribution in [1.82, 2.24) is 10.1 Å². The van der Waals surface area contributed by atoms with Crippen molar-refractivity contribution in [1.29, 1.82) is 0 Å². The van der Waals surface area contributed by atoms with Gasteiger partial charge in [0.15, 0.2) is 5.58 Å². The molecule has 0 unspecified atom stereocenters. The number of anilines is 1. The number of hydrogen-bond donors (Lipinski definition) is 1. The summed E-state index contributed by atoms with van der Waals surface area (Å²) in [7, 11) is 0. The lowest BCUT2D eigenvalue weighted by atomic mass is 10.1. The fraction of sp³-hybridized carbons (Fsp3) is 0.0556. The smallest absolute Gasteiger partial charge is 0.230 e. The molecule has 112 valence electrons. The van der Waals surface area contributed by atoms with Crippen molar-refractivity contribution in [3.8, 4) is 0 Å². The molecule has 0 radical (unpaired) electrons. The number of hydrogen-bond acceptors (Lipinski definition) is 4. The molecule has 1 N–H and O–H groups in total. The second kappa shape index (κ2) is 5.53. The van der Waals surface area contributed by atoms with Crippen molar-refractivity contribution in [2.75, 3.05) is 5.32 Å². The maximum absolute atomic E-state index is 12.2. The molecule has 0 saturated heterocycles. The molecule has 5 heteroatoms. The Hall–Kier alpha value is -3.21. The molecule has 0 bridgehead atoms. The number of carbonyl (C=O) groups is 1. The first-order valence-electron chi connectivity index (χ1n) is 7.27. The monoisotopic (exact) mass is 303 g/mol. The van der Waals surface area contributed by atoms with Crippen molar-refractivity contribution in [3.05, 3.63) is 66.5 Å². The highest BCUT2D eigenvalue weighted by molar-refractivity contribution is 5.96. The first-order valence-corrected chi connectivity index (χ1v) is 7.27. The summed E-state index contributed by atoms with van der Waals surface area (Å²) in [5.74, 6) is -0.152. The molecule has 23 heavy (non-hydrogen) atoms. The van der Waals surface area contributed by atoms with Crippen LogP contribution in [0.3, 0.4) is 0 Å². The van der Waals surface area contributed by atoms with E-state index in [0.717, 1.165) is 16.3 Å². The molecule has 2 aromatic carbocycles. The SMILES string of the molecule is O=C(Cc1noc2ccccc12)Nc1cnc2ccccc2c1. The third-order valence-electron chi connectivity index (χ3n) is 3.65. The fourth-order valence-corrected chi connectivity index (χ4v) is 2.56. The molecule has 0 saturated carbocycles. The van der Waals surface area contributed by atoms with E-state index >= 15 is 0 Å². The minimum absolute atomic E-state index is 0.152. The molecule has 0 aliphatic carbocycles. The molecular formula is C18H13N3O2. The zero-order valence-corrected chi connectivity index (χ0v) is 12.2. The van der Waals surface area contributed by atoms with Crippen LogP contribution in [0.1, 0.15) is 5.69 Å². The number of pyridine rings is 1. The summed E-state index contributed by atoms with van der Waals surface area (Å²) in [4.78, 5) is 16.6. The van der Waals surface area contributed by atoms with Crippen LogP contribution in [0.2, 0.25) is 0 Å². The Balaban J connectivity index is 1.55. The number of nitrogens with zero attached hydrogens (tertiary/aromatic N) is 2. The predicted molar refractivity (Wildman–Crippen MR) is 88.1 cm³/mol. The molecule has 0 fully saturated rings. The van der Waals surface area contributed by atoms with E-state index in [-0.39, 0.29) is 12.3 Å². The van der Waals surface area contributed by atoms with Crippen LogP contribution in [0.15, 0.2) is 65.3 Å². The third-order valence-corrected chi connectivity index (χ3v) is 3.65. The summed E-state index contributed by atoms with van der Waals surface area (Å²) in [6.45, 7) is 0. The lowest BCUT2D eigenvalue weighted by molar-refractivity contribution is -0.115. The molecular weight excluding hydrogens is 290 g/mol. The van der Waals surface area contributed by atoms with Gasteiger partial charge in [0.25, 0.3) is 0 Å². The minimum Gasteiger partial charge on any atom is -0.356 e. The number of aromatic nitrogens is 2. The molecule has 2 aromatic heterocycles. The van der Waals surface area contributed by atoms with Gasteiger partial charge in [0.1, 0.15) is 5.69 Å². The number of fused-ring (bicyclic) bond motifs is 2. The summed E-state index contributed by atoms with van der Waals surface area (Å²) < 4.78 is 5.22. The van der Waals surface area contributed by atoms with E-state index in [0.29, 0.717) is 17.0 Å². The van der Waals surface area contributed by atoms with E-state index in [4.69, 9.17) is 4.52 Å². The highest BCUT2D eigenvalue weighted by Crippen LogP contribution is 2.19. The summed E-state index contributed by atoms with van der Waals surface area (Å²) in [5.41, 5.74) is 2.88. The molecule has 4 rings (SSSR count). The number of carbonyl (C=O) groups excluding carboxylic acids is 1. The van der Waals surface area contributed by atoms with Crippen LogP contribution >= 0.6 is 0 Å². The van der Waals surface area contributed by atoms with Gasteiger partial charge in [0.05, 0.1) is 23.8 Å². The summed E-state index contributed by atoms with van der Waals surface area (Å²) in [5, 5.41) is 8.67. The Labute approximate surface area is 131 Å². The normalized spacial score (nSPS) is 11.0. The van der Waals surface area contributed by atoms with E-state index < -0.39 is 0 Å². The Kier molecular flexibility index (Phi) is 3.24. The summed E-state index contributed by atoms with van der Waals surface area (Å²) in [6.07, 6.45) is 1.81. The predicted octanol–water partition coefficient (Wildman–Crippen LogP) is 3.56. The van der Waals surface area contributed by atoms with Gasteiger partial charge in [-0.3, -0.25) is 9.78 Å². The quantitative estimate of drug-likeness (QED) is 0.628. The van der Waals surface area contributed by atoms with Crippen LogP contribution in [-0.4, -0.2) is 16.0 Å². The number of rotatable bonds is 3. The van der Waals surface area contributed by atoms with Gasteiger partial charge >= 0.3 is 0 Å². The van der Waals surface area contributed by atoms with E-state index in [1.807, 2.05) is 54.6 Å². The van der Waals surface area contributed by atoms with E-state index in [1.54, 1.807) is 6.20 Å². The van der Waals surface area contributed by atoms with Crippen molar-refractivity contribution in [2.24, 2.45) is 0 Å². The minimum atomic E-state index is -0.152. The van der Waals surface area contributed by atoms with Gasteiger partial charge in [-0.15, -0.1) is 0 Å². The van der Waals surface area contributed by atoms with Gasteiger partial charge in [0, 0.05) is 10.8 Å². The van der Waals surface area contributed by atoms with Crippen molar-refractivity contribution in [2.45, 2.75) is 6.42 Å². The third kappa shape index (κ3) is 2.64. The zero-order chi connectivity index (χ0) is 15.6. The Morgan fingerprint density at radius 2 is 1.91 bits per heavy atom. The molecule has 0 atom stereocenters. The average Bonchev–Trinajstić information content (AvgIpc) is 2.98. The zero-order valence-electron chi connectivity index (χ0n) is 12.2. The molecule has 0 aliphatic rings. The number of para-hydroxylation sites is 2. The number of benzene rings is 2. The first-order chi connectivity index (χ1) is 11.3. The van der Waals surface area contributed by atoms with Crippen molar-refractivity contribution in [3.63, 3.8) is 0 Å². The standard InChI is InChI=1S/C18H13N3O2/c22-18(10-16-14-6-2-4-8-17(14)23-21-16)20-13-9-12-5-1-3-7-15(12)19-11-13/h1-9,11H,10H2,(H,20,22). The van der Waals surface area contributed by atoms with Crippen LogP contribution in [-0.2, 0) is 11.2 Å². The maximum atomic E-state index is 12.2. The Bertz CT molecular complexity index is 1010. The van der Waals surface area contributed by atoms with Crippen molar-refractivity contribution >= 4 is 33.5 Å². The fourth-order valence-electron chi connectivity index (χ4n) is 2.56. The number of amides is 1. The molecule has 2 heterocycles. The van der Waals surface area contributed by atoms with Gasteiger partial charge in [0.2, 0.25) is 5.91 Å². The maximum Gasteiger partial charge on any atom is 0.230 e. The van der Waals surface area contributed by atoms with Crippen molar-refractivity contribution < 1.29 is 9.32 Å². The molecule has 0 aliphatic heterocycles. The lowest BCUT2D eigenvalue weighted by Crippen LogP contribution is -2.14. The largest absolute Gasteiger partial charge is 0.356 e. The second-order valence-electron chi connectivity index (χ2n) is 5.27. The van der Waals surface area contributed by atoms with Gasteiger partial charge in [-0.2, -0.15) is 0 Å². The molecule has 1 amide bonds. The van der Waals surface area contributed by atoms with Gasteiger partial charge in [-0.25, -0.2) is 0 Å². The topological polar surface area (TPSA) is 68.0 Å². The molecule has 4 aromatic rings. The molecule has 5 nitrogen and oxygen atoms in total. The lowest BCUT2D eigenvalue weighted by Gasteiger charge is -2.05. The summed E-state index contributed by atoms with van der Waals surface area (Å²) in [6, 6.07) is 17.2. The Morgan fingerprint density at radius 1 is 1.09 bits per heavy atom. The second-order valence-corrected chi connectivity index (χ2v) is 5.27. The van der Waals surface area contributed by atoms with E-state index in [9.17, 15) is 4.79 Å². The van der Waals surface area contributed by atoms with E-state index in [2.05, 4.69) is 15.5 Å². The van der Waals surface area contributed by atoms with Gasteiger partial charge in [-0.1, -0.05) is 35.5 Å². The highest BCUT2D eigenvalue weighted by Gasteiger charge is 2.12. The van der Waals surface area contributed by atoms with Crippen LogP contribution in [0.25, 0.3) is 21.9 Å². The summed E-state index contributed by atoms with van der Waals surface area (Å²) >= 11 is 0. The Morgan fingerprint density at radius 3 is 2.87 bits per heavy atom. The molecule has 0 spiro atoms. The van der Waals surface area contributed by atoms with Gasteiger partial charge < -0.3 is 9.84 Å².